The third kappa shape index (κ3) is 5.09. The number of hydrogen-bond donors (Lipinski definition) is 0. The molecule has 1 saturated heterocycles. The van der Waals surface area contributed by atoms with E-state index < -0.39 is 17.6 Å². The molecule has 0 bridgehead atoms. The van der Waals surface area contributed by atoms with Gasteiger partial charge in [-0.1, -0.05) is 20.8 Å². The van der Waals surface area contributed by atoms with E-state index in [2.05, 4.69) is 4.99 Å². The van der Waals surface area contributed by atoms with Crippen molar-refractivity contribution in [3.05, 3.63) is 46.6 Å². The number of halogens is 3. The Morgan fingerprint density at radius 2 is 1.91 bits per heavy atom. The summed E-state index contributed by atoms with van der Waals surface area (Å²) < 4.78 is 54.4. The van der Waals surface area contributed by atoms with E-state index in [1.54, 1.807) is 6.07 Å². The minimum atomic E-state index is -4.58. The highest BCUT2D eigenvalue weighted by Gasteiger charge is 2.32. The van der Waals surface area contributed by atoms with E-state index in [1.807, 2.05) is 44.1 Å². The number of carbonyl (C=O) groups is 1. The van der Waals surface area contributed by atoms with E-state index in [4.69, 9.17) is 9.47 Å². The van der Waals surface area contributed by atoms with E-state index in [-0.39, 0.29) is 28.9 Å². The Hall–Kier alpha value is -2.55. The third-order valence-corrected chi connectivity index (χ3v) is 5.68. The second kappa shape index (κ2) is 8.77. The van der Waals surface area contributed by atoms with Gasteiger partial charge in [0, 0.05) is 24.2 Å². The Labute approximate surface area is 185 Å². The van der Waals surface area contributed by atoms with E-state index in [0.29, 0.717) is 12.0 Å². The number of benzene rings is 1. The maximum absolute atomic E-state index is 13.2. The lowest BCUT2D eigenvalue weighted by Gasteiger charge is -2.22. The Balaban J connectivity index is 2.10. The van der Waals surface area contributed by atoms with Crippen LogP contribution in [0.3, 0.4) is 0 Å². The van der Waals surface area contributed by atoms with Crippen LogP contribution in [0.1, 0.15) is 62.2 Å². The standard InChI is InChI=1S/C23H30F3N3O3/c1-14-7-9-16(32-14)13-29-20(12-19(28(29)5)22(2,3)4)27-21(30)17-11-15(23(24,25)26)8-10-18(17)31-6/h8,10-12,14,16H,7,9,13H2,1-6H3/b27-20+/t14-,16-/m1/s1. The van der Waals surface area contributed by atoms with Crippen molar-refractivity contribution in [1.29, 1.82) is 0 Å². The highest BCUT2D eigenvalue weighted by atomic mass is 19.4. The molecule has 1 fully saturated rings. The van der Waals surface area contributed by atoms with Gasteiger partial charge in [-0.15, -0.1) is 0 Å². The number of amides is 1. The summed E-state index contributed by atoms with van der Waals surface area (Å²) in [7, 11) is 3.19. The summed E-state index contributed by atoms with van der Waals surface area (Å²) in [6.45, 7) is 8.64. The number of carbonyl (C=O) groups excluding carboxylic acids is 1. The summed E-state index contributed by atoms with van der Waals surface area (Å²) in [5.74, 6) is -0.758. The predicted octanol–water partition coefficient (Wildman–Crippen LogP) is 4.46. The van der Waals surface area contributed by atoms with E-state index >= 15 is 0 Å². The molecule has 2 atom stereocenters. The van der Waals surface area contributed by atoms with Crippen LogP contribution in [0.25, 0.3) is 0 Å². The summed E-state index contributed by atoms with van der Waals surface area (Å²) in [6.07, 6.45) is -2.60. The average molecular weight is 454 g/mol. The van der Waals surface area contributed by atoms with Gasteiger partial charge in [0.25, 0.3) is 5.91 Å². The van der Waals surface area contributed by atoms with Crippen molar-refractivity contribution in [1.82, 2.24) is 9.36 Å². The van der Waals surface area contributed by atoms with Crippen molar-refractivity contribution in [2.45, 2.75) is 70.9 Å². The van der Waals surface area contributed by atoms with Crippen LogP contribution in [-0.2, 0) is 29.9 Å². The smallest absolute Gasteiger partial charge is 0.416 e. The Morgan fingerprint density at radius 1 is 1.22 bits per heavy atom. The van der Waals surface area contributed by atoms with Crippen molar-refractivity contribution in [2.75, 3.05) is 7.11 Å². The van der Waals surface area contributed by atoms with Crippen LogP contribution in [0.15, 0.2) is 29.3 Å². The second-order valence-electron chi connectivity index (χ2n) is 9.22. The normalized spacial score (nSPS) is 20.1. The highest BCUT2D eigenvalue weighted by molar-refractivity contribution is 5.97. The lowest BCUT2D eigenvalue weighted by Crippen LogP contribution is -2.30. The van der Waals surface area contributed by atoms with E-state index in [1.165, 1.54) is 7.11 Å². The molecule has 32 heavy (non-hydrogen) atoms. The van der Waals surface area contributed by atoms with E-state index in [9.17, 15) is 18.0 Å². The minimum Gasteiger partial charge on any atom is -0.496 e. The maximum Gasteiger partial charge on any atom is 0.416 e. The lowest BCUT2D eigenvalue weighted by molar-refractivity contribution is -0.137. The molecule has 3 rings (SSSR count). The van der Waals surface area contributed by atoms with Gasteiger partial charge in [-0.25, -0.2) is 0 Å². The molecule has 9 heteroatoms. The van der Waals surface area contributed by atoms with Gasteiger partial charge in [0.1, 0.15) is 5.75 Å². The second-order valence-corrected chi connectivity index (χ2v) is 9.22. The van der Waals surface area contributed by atoms with Gasteiger partial charge >= 0.3 is 6.18 Å². The molecule has 1 aromatic heterocycles. The molecule has 0 N–H and O–H groups in total. The summed E-state index contributed by atoms with van der Waals surface area (Å²) in [6, 6.07) is 4.61. The van der Waals surface area contributed by atoms with Gasteiger partial charge in [0.15, 0.2) is 5.49 Å². The Morgan fingerprint density at radius 3 is 2.44 bits per heavy atom. The Bertz CT molecular complexity index is 1060. The molecule has 2 heterocycles. The average Bonchev–Trinajstić information content (AvgIpc) is 3.24. The van der Waals surface area contributed by atoms with Crippen LogP contribution in [0.2, 0.25) is 0 Å². The molecule has 0 radical (unpaired) electrons. The monoisotopic (exact) mass is 453 g/mol. The molecule has 6 nitrogen and oxygen atoms in total. The lowest BCUT2D eigenvalue weighted by atomic mass is 9.92. The molecule has 0 saturated carbocycles. The fourth-order valence-electron chi connectivity index (χ4n) is 4.01. The SMILES string of the molecule is COc1ccc(C(F)(F)F)cc1C(=O)/N=c1\cc(C(C)(C)C)n(C)n1C[C@H]1CC[C@@H](C)O1. The third-order valence-electron chi connectivity index (χ3n) is 5.68. The molecule has 1 aliphatic rings. The zero-order chi connectivity index (χ0) is 23.8. The largest absolute Gasteiger partial charge is 0.496 e. The number of aromatic nitrogens is 2. The number of rotatable bonds is 4. The van der Waals surface area contributed by atoms with Crippen molar-refractivity contribution < 1.29 is 27.4 Å². The van der Waals surface area contributed by atoms with Crippen LogP contribution < -0.4 is 10.2 Å². The first-order valence-corrected chi connectivity index (χ1v) is 10.6. The van der Waals surface area contributed by atoms with Crippen molar-refractivity contribution in [3.63, 3.8) is 0 Å². The number of alkyl halides is 3. The predicted molar refractivity (Wildman–Crippen MR) is 114 cm³/mol. The first-order valence-electron chi connectivity index (χ1n) is 10.6. The number of ether oxygens (including phenoxy) is 2. The molecule has 1 aliphatic heterocycles. The Kier molecular flexibility index (Phi) is 6.60. The number of hydrogen-bond acceptors (Lipinski definition) is 3. The number of nitrogens with zero attached hydrogens (tertiary/aromatic N) is 3. The molecular weight excluding hydrogens is 423 g/mol. The fourth-order valence-corrected chi connectivity index (χ4v) is 4.01. The summed E-state index contributed by atoms with van der Waals surface area (Å²) >= 11 is 0. The van der Waals surface area contributed by atoms with Crippen LogP contribution in [-0.4, -0.2) is 34.6 Å². The molecular formula is C23H30F3N3O3. The first kappa shape index (κ1) is 24.1. The molecule has 176 valence electrons. The highest BCUT2D eigenvalue weighted by Crippen LogP contribution is 2.33. The van der Waals surface area contributed by atoms with Crippen LogP contribution in [0, 0.1) is 0 Å². The molecule has 0 spiro atoms. The first-order chi connectivity index (χ1) is 14.8. The number of methoxy groups -OCH3 is 1. The van der Waals surface area contributed by atoms with Gasteiger partial charge in [0.05, 0.1) is 37.0 Å². The van der Waals surface area contributed by atoms with Crippen LogP contribution >= 0.6 is 0 Å². The van der Waals surface area contributed by atoms with Crippen LogP contribution in [0.5, 0.6) is 5.75 Å². The van der Waals surface area contributed by atoms with Gasteiger partial charge in [-0.05, 0) is 38.0 Å². The topological polar surface area (TPSA) is 57.8 Å². The van der Waals surface area contributed by atoms with Gasteiger partial charge < -0.3 is 9.47 Å². The quantitative estimate of drug-likeness (QED) is 0.687. The molecule has 1 aromatic carbocycles. The summed E-state index contributed by atoms with van der Waals surface area (Å²) in [5.41, 5.74) is -0.0937. The molecule has 0 aliphatic carbocycles. The zero-order valence-electron chi connectivity index (χ0n) is 19.3. The van der Waals surface area contributed by atoms with Crippen molar-refractivity contribution in [3.8, 4) is 5.75 Å². The van der Waals surface area contributed by atoms with Gasteiger partial charge in [0.2, 0.25) is 0 Å². The summed E-state index contributed by atoms with van der Waals surface area (Å²) in [4.78, 5) is 17.2. The fraction of sp³-hybridized carbons (Fsp3) is 0.565. The van der Waals surface area contributed by atoms with Crippen molar-refractivity contribution >= 4 is 5.91 Å². The molecule has 2 aromatic rings. The summed E-state index contributed by atoms with van der Waals surface area (Å²) in [5, 5.41) is 0. The van der Waals surface area contributed by atoms with Gasteiger partial charge in [-0.2, -0.15) is 18.2 Å². The van der Waals surface area contributed by atoms with Crippen LogP contribution in [0.4, 0.5) is 13.2 Å². The van der Waals surface area contributed by atoms with Crippen molar-refractivity contribution in [2.24, 2.45) is 12.0 Å². The molecule has 0 unspecified atom stereocenters. The van der Waals surface area contributed by atoms with Gasteiger partial charge in [-0.3, -0.25) is 14.2 Å². The molecule has 1 amide bonds. The van der Waals surface area contributed by atoms with E-state index in [0.717, 1.165) is 36.7 Å². The maximum atomic E-state index is 13.2. The minimum absolute atomic E-state index is 0.0245. The zero-order valence-corrected chi connectivity index (χ0v) is 19.3.